The Morgan fingerprint density at radius 2 is 1.92 bits per heavy atom. The van der Waals surface area contributed by atoms with Gasteiger partial charge < -0.3 is 9.47 Å². The first-order valence-corrected chi connectivity index (χ1v) is 9.59. The highest BCUT2D eigenvalue weighted by atomic mass is 32.2. The third-order valence-electron chi connectivity index (χ3n) is 3.46. The van der Waals surface area contributed by atoms with Gasteiger partial charge in [0, 0.05) is 6.20 Å². The third kappa shape index (κ3) is 5.22. The van der Waals surface area contributed by atoms with Gasteiger partial charge in [0.2, 0.25) is 0 Å². The highest BCUT2D eigenvalue weighted by molar-refractivity contribution is 7.91. The van der Waals surface area contributed by atoms with Crippen LogP contribution in [0.5, 0.6) is 0 Å². The predicted octanol–water partition coefficient (Wildman–Crippen LogP) is 1.15. The molecule has 1 fully saturated rings. The van der Waals surface area contributed by atoms with E-state index in [1.54, 1.807) is 20.8 Å². The van der Waals surface area contributed by atoms with Crippen LogP contribution in [0.3, 0.4) is 0 Å². The van der Waals surface area contributed by atoms with Gasteiger partial charge in [0.15, 0.2) is 15.8 Å². The SMILES string of the molecule is COC(=O)C(C(=O)OC(C)(C)C)c1ccnc(CS(=O)(=O)C2CC2)n1. The molecule has 25 heavy (non-hydrogen) atoms. The Morgan fingerprint density at radius 1 is 1.28 bits per heavy atom. The fourth-order valence-corrected chi connectivity index (χ4v) is 3.78. The van der Waals surface area contributed by atoms with E-state index in [9.17, 15) is 18.0 Å². The van der Waals surface area contributed by atoms with Crippen molar-refractivity contribution < 1.29 is 27.5 Å². The van der Waals surface area contributed by atoms with Crippen molar-refractivity contribution in [3.8, 4) is 0 Å². The van der Waals surface area contributed by atoms with E-state index in [0.717, 1.165) is 7.11 Å². The predicted molar refractivity (Wildman–Crippen MR) is 88.3 cm³/mol. The molecule has 8 nitrogen and oxygen atoms in total. The molecule has 2 rings (SSSR count). The number of carbonyl (C=O) groups is 2. The minimum Gasteiger partial charge on any atom is -0.468 e. The molecule has 0 saturated heterocycles. The summed E-state index contributed by atoms with van der Waals surface area (Å²) in [5.41, 5.74) is -0.744. The number of hydrogen-bond acceptors (Lipinski definition) is 8. The van der Waals surface area contributed by atoms with E-state index in [-0.39, 0.29) is 22.5 Å². The summed E-state index contributed by atoms with van der Waals surface area (Å²) < 4.78 is 34.1. The quantitative estimate of drug-likeness (QED) is 0.541. The molecule has 0 amide bonds. The molecule has 1 aliphatic carbocycles. The molecule has 1 aliphatic rings. The van der Waals surface area contributed by atoms with E-state index < -0.39 is 33.3 Å². The first-order chi connectivity index (χ1) is 11.5. The molecule has 1 saturated carbocycles. The number of methoxy groups -OCH3 is 1. The molecule has 138 valence electrons. The number of carbonyl (C=O) groups excluding carboxylic acids is 2. The van der Waals surface area contributed by atoms with Gasteiger partial charge in [-0.25, -0.2) is 18.4 Å². The standard InChI is InChI=1S/C16H22N2O6S/c1-16(2,3)24-15(20)13(14(19)23-4)11-7-8-17-12(18-11)9-25(21,22)10-5-6-10/h7-8,10,13H,5-6,9H2,1-4H3. The molecule has 1 heterocycles. The van der Waals surface area contributed by atoms with Crippen LogP contribution in [0.25, 0.3) is 0 Å². The number of ether oxygens (including phenoxy) is 2. The van der Waals surface area contributed by atoms with E-state index >= 15 is 0 Å². The van der Waals surface area contributed by atoms with Gasteiger partial charge in [-0.2, -0.15) is 0 Å². The Balaban J connectivity index is 2.29. The van der Waals surface area contributed by atoms with Crippen LogP contribution in [0, 0.1) is 0 Å². The number of rotatable bonds is 6. The Morgan fingerprint density at radius 3 is 2.44 bits per heavy atom. The van der Waals surface area contributed by atoms with Gasteiger partial charge in [-0.1, -0.05) is 0 Å². The van der Waals surface area contributed by atoms with E-state index in [1.165, 1.54) is 12.3 Å². The normalized spacial score (nSPS) is 16.2. The lowest BCUT2D eigenvalue weighted by atomic mass is 10.0. The molecule has 0 aliphatic heterocycles. The fraction of sp³-hybridized carbons (Fsp3) is 0.625. The van der Waals surface area contributed by atoms with Crippen LogP contribution in [0.1, 0.15) is 51.0 Å². The maximum atomic E-state index is 12.4. The van der Waals surface area contributed by atoms with Gasteiger partial charge in [-0.05, 0) is 39.7 Å². The Bertz CT molecular complexity index is 765. The number of aromatic nitrogens is 2. The van der Waals surface area contributed by atoms with Crippen molar-refractivity contribution in [3.63, 3.8) is 0 Å². The summed E-state index contributed by atoms with van der Waals surface area (Å²) >= 11 is 0. The summed E-state index contributed by atoms with van der Waals surface area (Å²) in [6.45, 7) is 5.02. The van der Waals surface area contributed by atoms with Crippen molar-refractivity contribution in [3.05, 3.63) is 23.8 Å². The molecule has 1 aromatic heterocycles. The largest absolute Gasteiger partial charge is 0.468 e. The number of sulfone groups is 1. The lowest BCUT2D eigenvalue weighted by molar-refractivity contribution is -0.163. The van der Waals surface area contributed by atoms with E-state index in [1.807, 2.05) is 0 Å². The summed E-state index contributed by atoms with van der Waals surface area (Å²) in [4.78, 5) is 32.5. The van der Waals surface area contributed by atoms with Crippen molar-refractivity contribution in [1.82, 2.24) is 9.97 Å². The number of nitrogens with zero attached hydrogens (tertiary/aromatic N) is 2. The smallest absolute Gasteiger partial charge is 0.327 e. The average molecular weight is 370 g/mol. The Labute approximate surface area is 146 Å². The first kappa shape index (κ1) is 19.3. The molecule has 0 radical (unpaired) electrons. The van der Waals surface area contributed by atoms with E-state index in [4.69, 9.17) is 4.74 Å². The Kier molecular flexibility index (Phi) is 5.46. The van der Waals surface area contributed by atoms with E-state index in [2.05, 4.69) is 14.7 Å². The van der Waals surface area contributed by atoms with Crippen LogP contribution >= 0.6 is 0 Å². The van der Waals surface area contributed by atoms with Gasteiger partial charge in [-0.15, -0.1) is 0 Å². The summed E-state index contributed by atoms with van der Waals surface area (Å²) in [6, 6.07) is 1.37. The van der Waals surface area contributed by atoms with Crippen molar-refractivity contribution >= 4 is 21.8 Å². The molecule has 1 aromatic rings. The maximum absolute atomic E-state index is 12.4. The van der Waals surface area contributed by atoms with Crippen molar-refractivity contribution in [1.29, 1.82) is 0 Å². The third-order valence-corrected chi connectivity index (χ3v) is 5.61. The molecule has 1 unspecified atom stereocenters. The number of hydrogen-bond donors (Lipinski definition) is 0. The minimum atomic E-state index is -3.31. The molecule has 0 aromatic carbocycles. The fourth-order valence-electron chi connectivity index (χ4n) is 2.19. The zero-order valence-corrected chi connectivity index (χ0v) is 15.5. The molecular formula is C16H22N2O6S. The topological polar surface area (TPSA) is 113 Å². The van der Waals surface area contributed by atoms with Crippen LogP contribution in [-0.4, -0.2) is 48.3 Å². The lowest BCUT2D eigenvalue weighted by Crippen LogP contribution is -2.32. The van der Waals surface area contributed by atoms with Crippen molar-refractivity contribution in [2.75, 3.05) is 7.11 Å². The first-order valence-electron chi connectivity index (χ1n) is 7.87. The van der Waals surface area contributed by atoms with Crippen LogP contribution in [-0.2, 0) is 34.7 Å². The van der Waals surface area contributed by atoms with Crippen LogP contribution in [0.4, 0.5) is 0 Å². The van der Waals surface area contributed by atoms with Gasteiger partial charge >= 0.3 is 11.9 Å². The highest BCUT2D eigenvalue weighted by Crippen LogP contribution is 2.30. The zero-order chi connectivity index (χ0) is 18.8. The van der Waals surface area contributed by atoms with Crippen molar-refractivity contribution in [2.45, 2.75) is 56.1 Å². The zero-order valence-electron chi connectivity index (χ0n) is 14.7. The second kappa shape index (κ2) is 7.07. The van der Waals surface area contributed by atoms with Gasteiger partial charge in [-0.3, -0.25) is 9.59 Å². The monoisotopic (exact) mass is 370 g/mol. The van der Waals surface area contributed by atoms with E-state index in [0.29, 0.717) is 12.8 Å². The molecule has 0 bridgehead atoms. The molecular weight excluding hydrogens is 348 g/mol. The van der Waals surface area contributed by atoms with Crippen LogP contribution in [0.2, 0.25) is 0 Å². The summed E-state index contributed by atoms with van der Waals surface area (Å²) in [5.74, 6) is -3.32. The molecule has 9 heteroatoms. The highest BCUT2D eigenvalue weighted by Gasteiger charge is 2.38. The lowest BCUT2D eigenvalue weighted by Gasteiger charge is -2.22. The van der Waals surface area contributed by atoms with Crippen molar-refractivity contribution in [2.24, 2.45) is 0 Å². The van der Waals surface area contributed by atoms with Crippen LogP contribution < -0.4 is 0 Å². The molecule has 0 spiro atoms. The van der Waals surface area contributed by atoms with Gasteiger partial charge in [0.05, 0.1) is 18.1 Å². The summed E-state index contributed by atoms with van der Waals surface area (Å²) in [6.07, 6.45) is 2.61. The summed E-state index contributed by atoms with van der Waals surface area (Å²) in [7, 11) is -2.16. The summed E-state index contributed by atoms with van der Waals surface area (Å²) in [5, 5.41) is -0.345. The minimum absolute atomic E-state index is 0.0434. The number of esters is 2. The van der Waals surface area contributed by atoms with Gasteiger partial charge in [0.1, 0.15) is 17.2 Å². The average Bonchev–Trinajstić information content (AvgIpc) is 3.30. The molecule has 1 atom stereocenters. The van der Waals surface area contributed by atoms with Crippen LogP contribution in [0.15, 0.2) is 12.3 Å². The Hall–Kier alpha value is -2.03. The second-order valence-electron chi connectivity index (χ2n) is 6.89. The molecule has 0 N–H and O–H groups in total. The second-order valence-corrected chi connectivity index (χ2v) is 9.17. The van der Waals surface area contributed by atoms with Gasteiger partial charge in [0.25, 0.3) is 0 Å². The maximum Gasteiger partial charge on any atom is 0.327 e.